The number of unbranched alkanes of at least 4 members (excludes halogenated alkanes) is 2. The van der Waals surface area contributed by atoms with E-state index >= 15 is 0 Å². The first kappa shape index (κ1) is 30.4. The van der Waals surface area contributed by atoms with Gasteiger partial charge in [-0.3, -0.25) is 4.79 Å². The van der Waals surface area contributed by atoms with Crippen LogP contribution >= 0.6 is 0 Å². The van der Waals surface area contributed by atoms with Crippen molar-refractivity contribution in [1.29, 1.82) is 0 Å². The number of nitrogens with zero attached hydrogens (tertiary/aromatic N) is 3. The number of imidazole rings is 1. The number of H-pyrrole nitrogens is 1. The van der Waals surface area contributed by atoms with E-state index in [4.69, 9.17) is 9.47 Å². The minimum Gasteiger partial charge on any atom is -0.493 e. The summed E-state index contributed by atoms with van der Waals surface area (Å²) in [6.07, 6.45) is 2.47. The summed E-state index contributed by atoms with van der Waals surface area (Å²) in [5.41, 5.74) is 1.38. The Morgan fingerprint density at radius 1 is 1.12 bits per heavy atom. The Hall–Kier alpha value is -3.58. The summed E-state index contributed by atoms with van der Waals surface area (Å²) in [4.78, 5) is 20.4. The fourth-order valence-electron chi connectivity index (χ4n) is 4.71. The van der Waals surface area contributed by atoms with Crippen molar-refractivity contribution in [2.24, 2.45) is 0 Å². The van der Waals surface area contributed by atoms with E-state index in [0.29, 0.717) is 46.9 Å². The van der Waals surface area contributed by atoms with E-state index in [-0.39, 0.29) is 22.9 Å². The van der Waals surface area contributed by atoms with Crippen LogP contribution in [0.2, 0.25) is 0 Å². The van der Waals surface area contributed by atoms with E-state index in [2.05, 4.69) is 26.7 Å². The predicted molar refractivity (Wildman–Crippen MR) is 156 cm³/mol. The molecule has 0 saturated carbocycles. The number of fused-ring (bicyclic) bond motifs is 1. The smallest absolute Gasteiger partial charge is 0.277 e. The molecule has 0 bridgehead atoms. The zero-order chi connectivity index (χ0) is 29.6. The average Bonchev–Trinajstić information content (AvgIpc) is 3.28. The largest absolute Gasteiger partial charge is 0.493 e. The molecular formula is C29H37N5O6S. The molecule has 2 aromatic carbocycles. The molecule has 2 aromatic heterocycles. The number of nitrogens with one attached hydrogen (secondary N) is 2. The molecule has 0 aliphatic carbocycles. The molecule has 0 amide bonds. The van der Waals surface area contributed by atoms with Crippen molar-refractivity contribution in [3.05, 3.63) is 76.0 Å². The lowest BCUT2D eigenvalue weighted by atomic mass is 10.0. The van der Waals surface area contributed by atoms with Crippen molar-refractivity contribution in [3.8, 4) is 17.1 Å². The first-order chi connectivity index (χ1) is 19.7. The standard InChI is InChI=1S/C29H37N5O6S/c1-5-7-9-14-25-30-19(3)26-29(36)31-28(32-34(25)26)22-17-21(15-16-24(22)40-6-2)41(37,38)33-23(18-39-4)27(35)20-12-10-8-11-13-20/h8,10-13,15-17,23,27,33,35H,5-7,9,14,18H2,1-4H3,(H,31,32,36). The number of aromatic nitrogens is 4. The lowest BCUT2D eigenvalue weighted by Crippen LogP contribution is -2.42. The van der Waals surface area contributed by atoms with Gasteiger partial charge in [-0.2, -0.15) is 0 Å². The molecule has 0 radical (unpaired) electrons. The monoisotopic (exact) mass is 583 g/mol. The molecule has 4 rings (SSSR count). The summed E-state index contributed by atoms with van der Waals surface area (Å²) in [7, 11) is -2.72. The van der Waals surface area contributed by atoms with Gasteiger partial charge in [0, 0.05) is 13.5 Å². The minimum absolute atomic E-state index is 0.0640. The molecule has 0 aliphatic heterocycles. The van der Waals surface area contributed by atoms with Gasteiger partial charge >= 0.3 is 0 Å². The second-order valence-corrected chi connectivity index (χ2v) is 11.5. The van der Waals surface area contributed by atoms with Crippen LogP contribution in [0.1, 0.15) is 56.3 Å². The fourth-order valence-corrected chi connectivity index (χ4v) is 5.97. The first-order valence-electron chi connectivity index (χ1n) is 13.7. The van der Waals surface area contributed by atoms with Crippen molar-refractivity contribution in [2.45, 2.75) is 63.5 Å². The number of sulfonamides is 1. The van der Waals surface area contributed by atoms with E-state index < -0.39 is 22.2 Å². The van der Waals surface area contributed by atoms with E-state index in [1.807, 2.05) is 6.07 Å². The SMILES string of the molecule is CCCCCc1nc(C)c2c(=O)[nH]c(-c3cc(S(=O)(=O)NC(COC)C(O)c4ccccc4)ccc3OCC)nn12. The Bertz CT molecular complexity index is 1630. The lowest BCUT2D eigenvalue weighted by molar-refractivity contribution is 0.0800. The van der Waals surface area contributed by atoms with Gasteiger partial charge in [-0.15, -0.1) is 5.10 Å². The number of hydrogen-bond acceptors (Lipinski definition) is 8. The summed E-state index contributed by atoms with van der Waals surface area (Å²) in [5.74, 6) is 1.17. The Balaban J connectivity index is 1.76. The molecular weight excluding hydrogens is 546 g/mol. The van der Waals surface area contributed by atoms with Crippen molar-refractivity contribution >= 4 is 15.5 Å². The molecule has 2 heterocycles. The van der Waals surface area contributed by atoms with Crippen LogP contribution < -0.4 is 15.0 Å². The Morgan fingerprint density at radius 3 is 2.56 bits per heavy atom. The number of aryl methyl sites for hydroxylation is 2. The molecule has 41 heavy (non-hydrogen) atoms. The molecule has 3 N–H and O–H groups in total. The summed E-state index contributed by atoms with van der Waals surface area (Å²) < 4.78 is 42.2. The molecule has 0 fully saturated rings. The highest BCUT2D eigenvalue weighted by molar-refractivity contribution is 7.89. The summed E-state index contributed by atoms with van der Waals surface area (Å²) in [6, 6.07) is 12.1. The Labute approximate surface area is 239 Å². The van der Waals surface area contributed by atoms with Crippen LogP contribution in [0.15, 0.2) is 58.2 Å². The van der Waals surface area contributed by atoms with Crippen molar-refractivity contribution in [2.75, 3.05) is 20.3 Å². The van der Waals surface area contributed by atoms with Crippen LogP contribution in [-0.4, -0.2) is 59.5 Å². The van der Waals surface area contributed by atoms with E-state index in [1.165, 1.54) is 25.3 Å². The normalized spacial score (nSPS) is 13.4. The Kier molecular flexibility index (Phi) is 9.92. The fraction of sp³-hybridized carbons (Fsp3) is 0.414. The molecule has 11 nitrogen and oxygen atoms in total. The maximum absolute atomic E-state index is 13.6. The third kappa shape index (κ3) is 6.84. The molecule has 12 heteroatoms. The number of ether oxygens (including phenoxy) is 2. The molecule has 2 unspecified atom stereocenters. The highest BCUT2D eigenvalue weighted by Gasteiger charge is 2.28. The number of benzene rings is 2. The number of aliphatic hydroxyl groups is 1. The number of hydrogen-bond donors (Lipinski definition) is 3. The van der Waals surface area contributed by atoms with Crippen molar-refractivity contribution in [1.82, 2.24) is 24.3 Å². The van der Waals surface area contributed by atoms with E-state index in [9.17, 15) is 18.3 Å². The van der Waals surface area contributed by atoms with Crippen LogP contribution in [0.3, 0.4) is 0 Å². The maximum Gasteiger partial charge on any atom is 0.277 e. The van der Waals surface area contributed by atoms with Crippen LogP contribution in [0.5, 0.6) is 5.75 Å². The minimum atomic E-state index is -4.15. The van der Waals surface area contributed by atoms with Gasteiger partial charge < -0.3 is 19.6 Å². The summed E-state index contributed by atoms with van der Waals surface area (Å²) >= 11 is 0. The highest BCUT2D eigenvalue weighted by Crippen LogP contribution is 2.31. The van der Waals surface area contributed by atoms with Crippen LogP contribution in [0.25, 0.3) is 16.9 Å². The van der Waals surface area contributed by atoms with E-state index in [1.54, 1.807) is 42.6 Å². The van der Waals surface area contributed by atoms with Gasteiger partial charge in [0.05, 0.1) is 41.5 Å². The third-order valence-electron chi connectivity index (χ3n) is 6.74. The number of rotatable bonds is 14. The predicted octanol–water partition coefficient (Wildman–Crippen LogP) is 3.55. The van der Waals surface area contributed by atoms with Gasteiger partial charge in [-0.05, 0) is 44.0 Å². The molecule has 4 aromatic rings. The van der Waals surface area contributed by atoms with Gasteiger partial charge in [0.2, 0.25) is 10.0 Å². The van der Waals surface area contributed by atoms with Gasteiger partial charge in [-0.1, -0.05) is 50.1 Å². The van der Waals surface area contributed by atoms with Gasteiger partial charge in [0.15, 0.2) is 11.3 Å². The van der Waals surface area contributed by atoms with Gasteiger partial charge in [0.25, 0.3) is 5.56 Å². The maximum atomic E-state index is 13.6. The highest BCUT2D eigenvalue weighted by atomic mass is 32.2. The quantitative estimate of drug-likeness (QED) is 0.191. The molecule has 0 spiro atoms. The van der Waals surface area contributed by atoms with Crippen LogP contribution in [0.4, 0.5) is 0 Å². The average molecular weight is 584 g/mol. The lowest BCUT2D eigenvalue weighted by Gasteiger charge is -2.24. The number of methoxy groups -OCH3 is 1. The van der Waals surface area contributed by atoms with Crippen molar-refractivity contribution in [3.63, 3.8) is 0 Å². The molecule has 0 saturated heterocycles. The molecule has 2 atom stereocenters. The topological polar surface area (TPSA) is 148 Å². The molecule has 220 valence electrons. The van der Waals surface area contributed by atoms with Crippen LogP contribution in [0, 0.1) is 6.92 Å². The van der Waals surface area contributed by atoms with Crippen molar-refractivity contribution < 1.29 is 23.0 Å². The van der Waals surface area contributed by atoms with Gasteiger partial charge in [0.1, 0.15) is 11.6 Å². The summed E-state index contributed by atoms with van der Waals surface area (Å²) in [6.45, 7) is 5.93. The van der Waals surface area contributed by atoms with Crippen LogP contribution in [-0.2, 0) is 21.2 Å². The zero-order valence-corrected chi connectivity index (χ0v) is 24.6. The number of aromatic amines is 1. The second-order valence-electron chi connectivity index (χ2n) is 9.76. The number of aliphatic hydroxyl groups excluding tert-OH is 1. The first-order valence-corrected chi connectivity index (χ1v) is 15.2. The third-order valence-corrected chi connectivity index (χ3v) is 8.23. The molecule has 0 aliphatic rings. The summed E-state index contributed by atoms with van der Waals surface area (Å²) in [5, 5.41) is 15.6. The second kappa shape index (κ2) is 13.4. The zero-order valence-electron chi connectivity index (χ0n) is 23.8. The van der Waals surface area contributed by atoms with E-state index in [0.717, 1.165) is 19.3 Å². The van der Waals surface area contributed by atoms with Gasteiger partial charge in [-0.25, -0.2) is 22.6 Å². The Morgan fingerprint density at radius 2 is 1.88 bits per heavy atom.